The minimum Gasteiger partial charge on any atom is -0.311 e. The molecule has 2 heterocycles. The van der Waals surface area contributed by atoms with Crippen molar-refractivity contribution in [3.63, 3.8) is 0 Å². The van der Waals surface area contributed by atoms with Crippen molar-refractivity contribution >= 4 is 5.78 Å². The molecule has 1 aromatic rings. The van der Waals surface area contributed by atoms with E-state index in [2.05, 4.69) is 17.3 Å². The van der Waals surface area contributed by atoms with Crippen LogP contribution in [0.15, 0.2) is 12.3 Å². The van der Waals surface area contributed by atoms with Gasteiger partial charge >= 0.3 is 0 Å². The van der Waals surface area contributed by atoms with E-state index < -0.39 is 0 Å². The Labute approximate surface area is 96.0 Å². The lowest BCUT2D eigenvalue weighted by molar-refractivity contribution is 0.0950. The van der Waals surface area contributed by atoms with Gasteiger partial charge in [0.2, 0.25) is 0 Å². The van der Waals surface area contributed by atoms with Crippen molar-refractivity contribution in [2.45, 2.75) is 44.7 Å². The Balaban J connectivity index is 1.95. The summed E-state index contributed by atoms with van der Waals surface area (Å²) in [7, 11) is 1.81. The highest BCUT2D eigenvalue weighted by atomic mass is 16.1. The Kier molecular flexibility index (Phi) is 3.39. The number of rotatable bonds is 3. The molecular weight excluding hydrogens is 202 g/mol. The van der Waals surface area contributed by atoms with Crippen LogP contribution in [0.4, 0.5) is 0 Å². The summed E-state index contributed by atoms with van der Waals surface area (Å²) in [6.07, 6.45) is 5.80. The van der Waals surface area contributed by atoms with Crippen LogP contribution in [0.5, 0.6) is 0 Å². The number of hydrogen-bond acceptors (Lipinski definition) is 3. The first-order chi connectivity index (χ1) is 7.66. The highest BCUT2D eigenvalue weighted by Gasteiger charge is 2.21. The fraction of sp³-hybridized carbons (Fsp3) is 0.667. The van der Waals surface area contributed by atoms with Gasteiger partial charge in [-0.3, -0.25) is 9.48 Å². The SMILES string of the molecule is CC1CCCC(CC(=O)c2ccnn2C)N1. The predicted octanol–water partition coefficient (Wildman–Crippen LogP) is 1.52. The molecule has 0 spiro atoms. The van der Waals surface area contributed by atoms with Crippen molar-refractivity contribution in [1.82, 2.24) is 15.1 Å². The summed E-state index contributed by atoms with van der Waals surface area (Å²) in [6, 6.07) is 2.67. The Morgan fingerprint density at radius 2 is 2.44 bits per heavy atom. The van der Waals surface area contributed by atoms with Gasteiger partial charge in [0.15, 0.2) is 5.78 Å². The molecule has 0 amide bonds. The number of nitrogens with zero attached hydrogens (tertiary/aromatic N) is 2. The van der Waals surface area contributed by atoms with Crippen LogP contribution >= 0.6 is 0 Å². The molecule has 4 heteroatoms. The number of nitrogens with one attached hydrogen (secondary N) is 1. The molecule has 2 atom stereocenters. The third-order valence-electron chi connectivity index (χ3n) is 3.25. The number of piperidine rings is 1. The zero-order valence-electron chi connectivity index (χ0n) is 9.94. The van der Waals surface area contributed by atoms with Gasteiger partial charge in [-0.1, -0.05) is 6.42 Å². The molecule has 0 aromatic carbocycles. The molecule has 0 saturated carbocycles. The van der Waals surface area contributed by atoms with E-state index in [1.165, 1.54) is 12.8 Å². The van der Waals surface area contributed by atoms with Crippen molar-refractivity contribution in [3.8, 4) is 0 Å². The number of ketones is 1. The molecule has 2 rings (SSSR count). The van der Waals surface area contributed by atoms with E-state index in [4.69, 9.17) is 0 Å². The van der Waals surface area contributed by atoms with Crippen LogP contribution in [0.1, 0.15) is 43.1 Å². The number of hydrogen-bond donors (Lipinski definition) is 1. The van der Waals surface area contributed by atoms with Crippen molar-refractivity contribution in [1.29, 1.82) is 0 Å². The molecule has 2 unspecified atom stereocenters. The van der Waals surface area contributed by atoms with Crippen LogP contribution in [0, 0.1) is 0 Å². The topological polar surface area (TPSA) is 46.9 Å². The molecule has 0 radical (unpaired) electrons. The zero-order chi connectivity index (χ0) is 11.5. The number of Topliss-reactive ketones (excluding diaryl/α,β-unsaturated/α-hetero) is 1. The lowest BCUT2D eigenvalue weighted by atomic mass is 9.95. The lowest BCUT2D eigenvalue weighted by Crippen LogP contribution is -2.41. The van der Waals surface area contributed by atoms with Crippen molar-refractivity contribution in [2.75, 3.05) is 0 Å². The van der Waals surface area contributed by atoms with E-state index in [0.717, 1.165) is 6.42 Å². The Hall–Kier alpha value is -1.16. The Bertz CT molecular complexity index is 372. The van der Waals surface area contributed by atoms with Gasteiger partial charge in [-0.2, -0.15) is 5.10 Å². The van der Waals surface area contributed by atoms with Crippen molar-refractivity contribution < 1.29 is 4.79 Å². The van der Waals surface area contributed by atoms with E-state index in [9.17, 15) is 4.79 Å². The molecule has 1 aromatic heterocycles. The third kappa shape index (κ3) is 2.50. The molecule has 1 aliphatic heterocycles. The van der Waals surface area contributed by atoms with Crippen LogP contribution in [-0.4, -0.2) is 27.6 Å². The number of carbonyl (C=O) groups is 1. The summed E-state index contributed by atoms with van der Waals surface area (Å²) in [4.78, 5) is 12.0. The fourth-order valence-electron chi connectivity index (χ4n) is 2.38. The monoisotopic (exact) mass is 221 g/mol. The zero-order valence-corrected chi connectivity index (χ0v) is 9.94. The minimum absolute atomic E-state index is 0.187. The van der Waals surface area contributed by atoms with Gasteiger partial charge in [0.1, 0.15) is 5.69 Å². The molecular formula is C12H19N3O. The molecule has 1 aliphatic rings. The van der Waals surface area contributed by atoms with E-state index in [0.29, 0.717) is 24.2 Å². The third-order valence-corrected chi connectivity index (χ3v) is 3.25. The van der Waals surface area contributed by atoms with Crippen LogP contribution in [0.25, 0.3) is 0 Å². The molecule has 1 saturated heterocycles. The molecule has 1 N–H and O–H groups in total. The maximum absolute atomic E-state index is 12.0. The second-order valence-corrected chi connectivity index (χ2v) is 4.66. The number of carbonyl (C=O) groups excluding carboxylic acids is 1. The van der Waals surface area contributed by atoms with Crippen LogP contribution < -0.4 is 5.32 Å². The first-order valence-electron chi connectivity index (χ1n) is 5.94. The predicted molar refractivity (Wildman–Crippen MR) is 62.4 cm³/mol. The van der Waals surface area contributed by atoms with Gasteiger partial charge in [-0.15, -0.1) is 0 Å². The first-order valence-corrected chi connectivity index (χ1v) is 5.94. The highest BCUT2D eigenvalue weighted by molar-refractivity contribution is 5.94. The van der Waals surface area contributed by atoms with Gasteiger partial charge in [0.05, 0.1) is 0 Å². The molecule has 4 nitrogen and oxygen atoms in total. The lowest BCUT2D eigenvalue weighted by Gasteiger charge is -2.28. The maximum atomic E-state index is 12.0. The summed E-state index contributed by atoms with van der Waals surface area (Å²) < 4.78 is 1.65. The largest absolute Gasteiger partial charge is 0.311 e. The van der Waals surface area contributed by atoms with E-state index in [1.54, 1.807) is 16.9 Å². The van der Waals surface area contributed by atoms with Crippen molar-refractivity contribution in [3.05, 3.63) is 18.0 Å². The molecule has 16 heavy (non-hydrogen) atoms. The minimum atomic E-state index is 0.187. The standard InChI is InChI=1S/C12H19N3O/c1-9-4-3-5-10(14-9)8-12(16)11-6-7-13-15(11)2/h6-7,9-10,14H,3-5,8H2,1-2H3. The van der Waals surface area contributed by atoms with Crippen LogP contribution in [-0.2, 0) is 7.05 Å². The molecule has 0 aliphatic carbocycles. The summed E-state index contributed by atoms with van der Waals surface area (Å²) in [6.45, 7) is 2.18. The summed E-state index contributed by atoms with van der Waals surface area (Å²) in [5, 5.41) is 7.50. The average molecular weight is 221 g/mol. The second kappa shape index (κ2) is 4.78. The quantitative estimate of drug-likeness (QED) is 0.787. The molecule has 0 bridgehead atoms. The average Bonchev–Trinajstić information content (AvgIpc) is 2.64. The second-order valence-electron chi connectivity index (χ2n) is 4.66. The summed E-state index contributed by atoms with van der Waals surface area (Å²) in [5.41, 5.74) is 0.708. The normalized spacial score (nSPS) is 25.6. The molecule has 88 valence electrons. The van der Waals surface area contributed by atoms with Crippen LogP contribution in [0.2, 0.25) is 0 Å². The van der Waals surface area contributed by atoms with E-state index in [1.807, 2.05) is 7.05 Å². The van der Waals surface area contributed by atoms with Crippen molar-refractivity contribution in [2.24, 2.45) is 7.05 Å². The molecule has 1 fully saturated rings. The van der Waals surface area contributed by atoms with Gasteiger partial charge < -0.3 is 5.32 Å². The van der Waals surface area contributed by atoms with Gasteiger partial charge in [-0.05, 0) is 25.8 Å². The fourth-order valence-corrected chi connectivity index (χ4v) is 2.38. The van der Waals surface area contributed by atoms with Gasteiger partial charge in [-0.25, -0.2) is 0 Å². The van der Waals surface area contributed by atoms with E-state index in [-0.39, 0.29) is 5.78 Å². The maximum Gasteiger partial charge on any atom is 0.182 e. The van der Waals surface area contributed by atoms with Gasteiger partial charge in [0.25, 0.3) is 0 Å². The summed E-state index contributed by atoms with van der Waals surface area (Å²) in [5.74, 6) is 0.187. The van der Waals surface area contributed by atoms with E-state index >= 15 is 0 Å². The number of aromatic nitrogens is 2. The number of aryl methyl sites for hydroxylation is 1. The highest BCUT2D eigenvalue weighted by Crippen LogP contribution is 2.16. The van der Waals surface area contributed by atoms with Gasteiger partial charge in [0, 0.05) is 31.7 Å². The van der Waals surface area contributed by atoms with Crippen LogP contribution in [0.3, 0.4) is 0 Å². The smallest absolute Gasteiger partial charge is 0.182 e. The Morgan fingerprint density at radius 1 is 1.62 bits per heavy atom. The first kappa shape index (κ1) is 11.3. The Morgan fingerprint density at radius 3 is 3.06 bits per heavy atom. The summed E-state index contributed by atoms with van der Waals surface area (Å²) >= 11 is 0.